The third-order valence-electron chi connectivity index (χ3n) is 3.54. The van der Waals surface area contributed by atoms with Crippen molar-refractivity contribution in [3.8, 4) is 0 Å². The van der Waals surface area contributed by atoms with Gasteiger partial charge in [0.2, 0.25) is 0 Å². The first-order chi connectivity index (χ1) is 9.76. The van der Waals surface area contributed by atoms with Crippen molar-refractivity contribution in [1.29, 1.82) is 0 Å². The van der Waals surface area contributed by atoms with E-state index in [1.807, 2.05) is 31.6 Å². The smallest absolute Gasteiger partial charge is 0.136 e. The van der Waals surface area contributed by atoms with Crippen molar-refractivity contribution in [1.82, 2.24) is 15.0 Å². The van der Waals surface area contributed by atoms with Gasteiger partial charge in [-0.3, -0.25) is 4.98 Å². The molecule has 5 heteroatoms. The number of nitrogens with one attached hydrogen (secondary N) is 2. The Hall–Kier alpha value is -2.17. The predicted octanol–water partition coefficient (Wildman–Crippen LogP) is 2.71. The third kappa shape index (κ3) is 2.87. The zero-order valence-electron chi connectivity index (χ0n) is 11.8. The maximum atomic E-state index is 4.61. The van der Waals surface area contributed by atoms with E-state index >= 15 is 0 Å². The van der Waals surface area contributed by atoms with E-state index in [4.69, 9.17) is 0 Å². The molecule has 0 atom stereocenters. The van der Waals surface area contributed by atoms with Crippen LogP contribution in [0.5, 0.6) is 0 Å². The number of aromatic nitrogens is 3. The molecule has 1 aliphatic rings. The van der Waals surface area contributed by atoms with E-state index in [1.165, 1.54) is 24.0 Å². The molecule has 1 saturated carbocycles. The largest absolute Gasteiger partial charge is 0.373 e. The third-order valence-corrected chi connectivity index (χ3v) is 3.54. The molecule has 0 amide bonds. The molecule has 0 spiro atoms. The van der Waals surface area contributed by atoms with Crippen LogP contribution in [-0.2, 0) is 6.54 Å². The fraction of sp³-hybridized carbons (Fsp3) is 0.400. The second-order valence-electron chi connectivity index (χ2n) is 5.18. The summed E-state index contributed by atoms with van der Waals surface area (Å²) in [6.07, 6.45) is 6.11. The Kier molecular flexibility index (Phi) is 3.50. The highest BCUT2D eigenvalue weighted by Gasteiger charge is 2.27. The van der Waals surface area contributed by atoms with Gasteiger partial charge in [-0.15, -0.1) is 0 Å². The Morgan fingerprint density at radius 1 is 1.25 bits per heavy atom. The van der Waals surface area contributed by atoms with Gasteiger partial charge in [-0.2, -0.15) is 0 Å². The van der Waals surface area contributed by atoms with Gasteiger partial charge in [0, 0.05) is 38.0 Å². The first-order valence-electron chi connectivity index (χ1n) is 6.96. The van der Waals surface area contributed by atoms with E-state index in [9.17, 15) is 0 Å². The zero-order chi connectivity index (χ0) is 13.9. The summed E-state index contributed by atoms with van der Waals surface area (Å²) in [7, 11) is 1.88. The molecule has 0 bridgehead atoms. The molecule has 2 N–H and O–H groups in total. The van der Waals surface area contributed by atoms with Gasteiger partial charge in [0.15, 0.2) is 0 Å². The van der Waals surface area contributed by atoms with Crippen LogP contribution >= 0.6 is 0 Å². The average molecular weight is 269 g/mol. The summed E-state index contributed by atoms with van der Waals surface area (Å²) >= 11 is 0. The fourth-order valence-electron chi connectivity index (χ4n) is 2.09. The van der Waals surface area contributed by atoms with Crippen LogP contribution in [0.15, 0.2) is 24.5 Å². The summed E-state index contributed by atoms with van der Waals surface area (Å²) in [5.41, 5.74) is 2.42. The topological polar surface area (TPSA) is 62.7 Å². The van der Waals surface area contributed by atoms with Crippen molar-refractivity contribution in [2.24, 2.45) is 0 Å². The first kappa shape index (κ1) is 12.8. The number of hydrogen-bond acceptors (Lipinski definition) is 5. The van der Waals surface area contributed by atoms with Gasteiger partial charge in [0.1, 0.15) is 17.5 Å². The van der Waals surface area contributed by atoms with Crippen molar-refractivity contribution in [2.45, 2.75) is 32.2 Å². The van der Waals surface area contributed by atoms with Crippen LogP contribution in [0.25, 0.3) is 0 Å². The van der Waals surface area contributed by atoms with Gasteiger partial charge < -0.3 is 10.6 Å². The van der Waals surface area contributed by atoms with Crippen LogP contribution in [0.1, 0.15) is 35.7 Å². The standard InChI is InChI=1S/C15H19N5/c1-10-8-17-6-5-12(10)9-18-14-7-13(16-2)19-15(20-14)11-3-4-11/h5-8,11H,3-4,9H2,1-2H3,(H2,16,18,19,20). The van der Waals surface area contributed by atoms with Crippen LogP contribution in [0.3, 0.4) is 0 Å². The van der Waals surface area contributed by atoms with E-state index in [2.05, 4.69) is 32.5 Å². The van der Waals surface area contributed by atoms with Crippen LogP contribution < -0.4 is 10.6 Å². The van der Waals surface area contributed by atoms with Gasteiger partial charge in [0.05, 0.1) is 0 Å². The van der Waals surface area contributed by atoms with Crippen LogP contribution in [0, 0.1) is 6.92 Å². The van der Waals surface area contributed by atoms with Crippen molar-refractivity contribution < 1.29 is 0 Å². The van der Waals surface area contributed by atoms with Gasteiger partial charge in [-0.05, 0) is 37.0 Å². The molecule has 0 radical (unpaired) electrons. The summed E-state index contributed by atoms with van der Waals surface area (Å²) in [5.74, 6) is 3.25. The molecule has 0 saturated heterocycles. The highest BCUT2D eigenvalue weighted by Crippen LogP contribution is 2.38. The van der Waals surface area contributed by atoms with E-state index in [0.717, 1.165) is 24.0 Å². The molecule has 20 heavy (non-hydrogen) atoms. The van der Waals surface area contributed by atoms with Crippen LogP contribution in [0.2, 0.25) is 0 Å². The van der Waals surface area contributed by atoms with Crippen molar-refractivity contribution in [2.75, 3.05) is 17.7 Å². The Labute approximate surface area is 118 Å². The molecule has 3 rings (SSSR count). The van der Waals surface area contributed by atoms with Crippen LogP contribution in [-0.4, -0.2) is 22.0 Å². The minimum absolute atomic E-state index is 0.548. The highest BCUT2D eigenvalue weighted by molar-refractivity contribution is 5.48. The number of rotatable bonds is 5. The van der Waals surface area contributed by atoms with Gasteiger partial charge >= 0.3 is 0 Å². The average Bonchev–Trinajstić information content (AvgIpc) is 3.31. The Morgan fingerprint density at radius 3 is 2.75 bits per heavy atom. The molecule has 2 aromatic heterocycles. The number of aryl methyl sites for hydroxylation is 1. The molecule has 104 valence electrons. The lowest BCUT2D eigenvalue weighted by Gasteiger charge is -2.10. The lowest BCUT2D eigenvalue weighted by molar-refractivity contribution is 0.921. The number of anilines is 2. The van der Waals surface area contributed by atoms with Crippen molar-refractivity contribution in [3.05, 3.63) is 41.5 Å². The molecule has 0 unspecified atom stereocenters. The molecule has 5 nitrogen and oxygen atoms in total. The summed E-state index contributed by atoms with van der Waals surface area (Å²) < 4.78 is 0. The number of pyridine rings is 1. The predicted molar refractivity (Wildman–Crippen MR) is 79.9 cm³/mol. The molecular weight excluding hydrogens is 250 g/mol. The lowest BCUT2D eigenvalue weighted by atomic mass is 10.1. The van der Waals surface area contributed by atoms with E-state index in [-0.39, 0.29) is 0 Å². The Balaban J connectivity index is 1.76. The Morgan fingerprint density at radius 2 is 2.05 bits per heavy atom. The summed E-state index contributed by atoms with van der Waals surface area (Å²) in [4.78, 5) is 13.2. The van der Waals surface area contributed by atoms with Crippen molar-refractivity contribution in [3.63, 3.8) is 0 Å². The van der Waals surface area contributed by atoms with E-state index in [0.29, 0.717) is 5.92 Å². The molecular formula is C15H19N5. The molecule has 2 aromatic rings. The quantitative estimate of drug-likeness (QED) is 0.874. The monoisotopic (exact) mass is 269 g/mol. The van der Waals surface area contributed by atoms with Gasteiger partial charge in [0.25, 0.3) is 0 Å². The maximum Gasteiger partial charge on any atom is 0.136 e. The lowest BCUT2D eigenvalue weighted by Crippen LogP contribution is -2.07. The molecule has 1 aliphatic carbocycles. The molecule has 0 aliphatic heterocycles. The summed E-state index contributed by atoms with van der Waals surface area (Å²) in [5, 5.41) is 6.48. The fourth-order valence-corrected chi connectivity index (χ4v) is 2.09. The maximum absolute atomic E-state index is 4.61. The Bertz CT molecular complexity index is 607. The minimum atomic E-state index is 0.548. The molecule has 2 heterocycles. The van der Waals surface area contributed by atoms with Gasteiger partial charge in [-0.25, -0.2) is 9.97 Å². The number of nitrogens with zero attached hydrogens (tertiary/aromatic N) is 3. The summed E-state index contributed by atoms with van der Waals surface area (Å²) in [6.45, 7) is 2.82. The molecule has 1 fully saturated rings. The first-order valence-corrected chi connectivity index (χ1v) is 6.96. The second kappa shape index (κ2) is 5.45. The normalized spacial score (nSPS) is 14.1. The van der Waals surface area contributed by atoms with E-state index < -0.39 is 0 Å². The van der Waals surface area contributed by atoms with E-state index in [1.54, 1.807) is 0 Å². The number of hydrogen-bond donors (Lipinski definition) is 2. The highest BCUT2D eigenvalue weighted by atomic mass is 15.1. The zero-order valence-corrected chi connectivity index (χ0v) is 11.8. The van der Waals surface area contributed by atoms with Gasteiger partial charge in [-0.1, -0.05) is 0 Å². The SMILES string of the molecule is CNc1cc(NCc2ccncc2C)nc(C2CC2)n1. The van der Waals surface area contributed by atoms with Crippen molar-refractivity contribution >= 4 is 11.6 Å². The molecule has 0 aromatic carbocycles. The minimum Gasteiger partial charge on any atom is -0.373 e. The second-order valence-corrected chi connectivity index (χ2v) is 5.18. The summed E-state index contributed by atoms with van der Waals surface area (Å²) in [6, 6.07) is 3.98. The van der Waals surface area contributed by atoms with Crippen LogP contribution in [0.4, 0.5) is 11.6 Å².